The van der Waals surface area contributed by atoms with Crippen LogP contribution in [0.2, 0.25) is 0 Å². The molecule has 2 rings (SSSR count). The van der Waals surface area contributed by atoms with Crippen molar-refractivity contribution in [3.05, 3.63) is 46.6 Å². The number of benzene rings is 1. The molecule has 5 N–H and O–H groups in total. The Hall–Kier alpha value is -1.70. The smallest absolute Gasteiger partial charge is 0.239 e. The summed E-state index contributed by atoms with van der Waals surface area (Å²) in [6, 6.07) is 9.67. The molecule has 1 unspecified atom stereocenters. The van der Waals surface area contributed by atoms with Crippen LogP contribution in [0.15, 0.2) is 41.0 Å². The molecule has 6 nitrogen and oxygen atoms in total. The summed E-state index contributed by atoms with van der Waals surface area (Å²) in [4.78, 5) is 8.22. The van der Waals surface area contributed by atoms with Gasteiger partial charge in [0.2, 0.25) is 5.95 Å². The Morgan fingerprint density at radius 1 is 1.35 bits per heavy atom. The summed E-state index contributed by atoms with van der Waals surface area (Å²) in [7, 11) is 0. The van der Waals surface area contributed by atoms with E-state index in [-0.39, 0.29) is 6.61 Å². The Morgan fingerprint density at radius 3 is 2.65 bits per heavy atom. The fourth-order valence-electron chi connectivity index (χ4n) is 1.79. The fraction of sp³-hybridized carbons (Fsp3) is 0.231. The summed E-state index contributed by atoms with van der Waals surface area (Å²) in [5.41, 5.74) is 2.68. The lowest BCUT2D eigenvalue weighted by molar-refractivity contribution is 0.223. The molecule has 20 heavy (non-hydrogen) atoms. The van der Waals surface area contributed by atoms with Gasteiger partial charge in [0, 0.05) is 6.20 Å². The molecule has 1 atom stereocenters. The number of halogens is 1. The molecule has 0 aliphatic rings. The number of rotatable bonds is 5. The van der Waals surface area contributed by atoms with Gasteiger partial charge in [-0.3, -0.25) is 5.43 Å². The lowest BCUT2D eigenvalue weighted by Crippen LogP contribution is -2.36. The number of nitrogens with zero attached hydrogens (tertiary/aromatic N) is 2. The Kier molecular flexibility index (Phi) is 4.53. The van der Waals surface area contributed by atoms with E-state index >= 15 is 0 Å². The Balaban J connectivity index is 2.35. The first-order valence-electron chi connectivity index (χ1n) is 6.03. The molecule has 0 fully saturated rings. The van der Waals surface area contributed by atoms with Gasteiger partial charge in [-0.2, -0.15) is 4.98 Å². The number of nitrogen functional groups attached to an aromatic ring is 1. The predicted octanol–water partition coefficient (Wildman–Crippen LogP) is 1.84. The molecule has 0 saturated heterocycles. The standard InChI is InChI=1S/C13H16BrN5O/c1-13(8-20,9-5-3-2-4-6-9)18-11-10(14)7-16-12(17-11)19-15/h2-7,20H,8,15H2,1H3,(H2,16,17,18,19). The second-order valence-corrected chi connectivity index (χ2v) is 5.37. The molecule has 0 saturated carbocycles. The van der Waals surface area contributed by atoms with Crippen LogP contribution in [0.4, 0.5) is 11.8 Å². The number of nitrogens with two attached hydrogens (primary N) is 1. The summed E-state index contributed by atoms with van der Waals surface area (Å²) in [5.74, 6) is 6.15. The molecule has 106 valence electrons. The zero-order valence-corrected chi connectivity index (χ0v) is 12.6. The molecule has 2 aromatic rings. The lowest BCUT2D eigenvalue weighted by Gasteiger charge is -2.30. The number of hydrazine groups is 1. The van der Waals surface area contributed by atoms with Gasteiger partial charge in [-0.05, 0) is 28.4 Å². The topological polar surface area (TPSA) is 96.1 Å². The lowest BCUT2D eigenvalue weighted by atomic mass is 9.93. The van der Waals surface area contributed by atoms with Crippen molar-refractivity contribution in [2.75, 3.05) is 17.3 Å². The number of hydrogen-bond acceptors (Lipinski definition) is 6. The van der Waals surface area contributed by atoms with Gasteiger partial charge in [-0.1, -0.05) is 30.3 Å². The predicted molar refractivity (Wildman–Crippen MR) is 82.0 cm³/mol. The van der Waals surface area contributed by atoms with Crippen LogP contribution in [-0.2, 0) is 5.54 Å². The van der Waals surface area contributed by atoms with E-state index in [9.17, 15) is 5.11 Å². The summed E-state index contributed by atoms with van der Waals surface area (Å²) < 4.78 is 0.687. The summed E-state index contributed by atoms with van der Waals surface area (Å²) in [6.45, 7) is 1.81. The van der Waals surface area contributed by atoms with E-state index in [0.717, 1.165) is 5.56 Å². The van der Waals surface area contributed by atoms with Crippen molar-refractivity contribution in [2.45, 2.75) is 12.5 Å². The molecular weight excluding hydrogens is 322 g/mol. The SMILES string of the molecule is CC(CO)(Nc1nc(NN)ncc1Br)c1ccccc1. The molecule has 0 bridgehead atoms. The summed E-state index contributed by atoms with van der Waals surface area (Å²) in [5, 5.41) is 13.0. The van der Waals surface area contributed by atoms with Crippen molar-refractivity contribution < 1.29 is 5.11 Å². The van der Waals surface area contributed by atoms with E-state index in [1.54, 1.807) is 6.20 Å². The highest BCUT2D eigenvalue weighted by Gasteiger charge is 2.27. The molecule has 0 aliphatic carbocycles. The van der Waals surface area contributed by atoms with Crippen molar-refractivity contribution in [3.8, 4) is 0 Å². The fourth-order valence-corrected chi connectivity index (χ4v) is 2.08. The summed E-state index contributed by atoms with van der Waals surface area (Å²) >= 11 is 3.38. The van der Waals surface area contributed by atoms with E-state index in [0.29, 0.717) is 16.2 Å². The van der Waals surface area contributed by atoms with Crippen molar-refractivity contribution >= 4 is 27.7 Å². The van der Waals surface area contributed by atoms with Gasteiger partial charge < -0.3 is 10.4 Å². The third-order valence-corrected chi connectivity index (χ3v) is 3.57. The van der Waals surface area contributed by atoms with Crippen LogP contribution >= 0.6 is 15.9 Å². The van der Waals surface area contributed by atoms with Crippen molar-refractivity contribution in [3.63, 3.8) is 0 Å². The second-order valence-electron chi connectivity index (χ2n) is 4.52. The first kappa shape index (κ1) is 14.7. The van der Waals surface area contributed by atoms with Crippen LogP contribution < -0.4 is 16.6 Å². The average molecular weight is 338 g/mol. The molecule has 0 radical (unpaired) electrons. The molecule has 7 heteroatoms. The monoisotopic (exact) mass is 337 g/mol. The van der Waals surface area contributed by atoms with Gasteiger partial charge in [-0.15, -0.1) is 0 Å². The summed E-state index contributed by atoms with van der Waals surface area (Å²) in [6.07, 6.45) is 1.59. The van der Waals surface area contributed by atoms with Crippen LogP contribution in [0.1, 0.15) is 12.5 Å². The minimum Gasteiger partial charge on any atom is -0.394 e. The Labute approximate surface area is 125 Å². The van der Waals surface area contributed by atoms with Crippen LogP contribution in [0.3, 0.4) is 0 Å². The number of nitrogens with one attached hydrogen (secondary N) is 2. The van der Waals surface area contributed by atoms with E-state index in [1.165, 1.54) is 0 Å². The van der Waals surface area contributed by atoms with E-state index < -0.39 is 5.54 Å². The number of anilines is 2. The van der Waals surface area contributed by atoms with Gasteiger partial charge >= 0.3 is 0 Å². The van der Waals surface area contributed by atoms with Gasteiger partial charge in [-0.25, -0.2) is 10.8 Å². The quantitative estimate of drug-likeness (QED) is 0.491. The number of aliphatic hydroxyl groups is 1. The molecule has 0 aliphatic heterocycles. The number of hydrogen-bond donors (Lipinski definition) is 4. The van der Waals surface area contributed by atoms with Gasteiger partial charge in [0.05, 0.1) is 16.6 Å². The molecular formula is C13H16BrN5O. The van der Waals surface area contributed by atoms with Gasteiger partial charge in [0.25, 0.3) is 0 Å². The van der Waals surface area contributed by atoms with Crippen molar-refractivity contribution in [1.82, 2.24) is 9.97 Å². The normalized spacial score (nSPS) is 13.6. The molecule has 1 aromatic carbocycles. The van der Waals surface area contributed by atoms with E-state index in [4.69, 9.17) is 5.84 Å². The van der Waals surface area contributed by atoms with Gasteiger partial charge in [0.15, 0.2) is 0 Å². The molecule has 0 spiro atoms. The highest BCUT2D eigenvalue weighted by molar-refractivity contribution is 9.10. The first-order valence-corrected chi connectivity index (χ1v) is 6.82. The van der Waals surface area contributed by atoms with Crippen LogP contribution in [0.25, 0.3) is 0 Å². The number of aromatic nitrogens is 2. The largest absolute Gasteiger partial charge is 0.394 e. The molecule has 0 amide bonds. The van der Waals surface area contributed by atoms with Crippen LogP contribution in [-0.4, -0.2) is 21.7 Å². The highest BCUT2D eigenvalue weighted by Crippen LogP contribution is 2.29. The minimum atomic E-state index is -0.663. The maximum absolute atomic E-state index is 9.76. The zero-order chi connectivity index (χ0) is 14.6. The van der Waals surface area contributed by atoms with Gasteiger partial charge in [0.1, 0.15) is 5.82 Å². The minimum absolute atomic E-state index is 0.0845. The third-order valence-electron chi connectivity index (χ3n) is 2.99. The first-order chi connectivity index (χ1) is 9.59. The van der Waals surface area contributed by atoms with E-state index in [2.05, 4.69) is 36.6 Å². The van der Waals surface area contributed by atoms with Crippen molar-refractivity contribution in [1.29, 1.82) is 0 Å². The van der Waals surface area contributed by atoms with E-state index in [1.807, 2.05) is 37.3 Å². The molecule has 1 heterocycles. The van der Waals surface area contributed by atoms with Crippen molar-refractivity contribution in [2.24, 2.45) is 5.84 Å². The average Bonchev–Trinajstić information content (AvgIpc) is 2.50. The van der Waals surface area contributed by atoms with Crippen LogP contribution in [0, 0.1) is 0 Å². The Bertz CT molecular complexity index is 580. The number of aliphatic hydroxyl groups excluding tert-OH is 1. The van der Waals surface area contributed by atoms with Crippen LogP contribution in [0.5, 0.6) is 0 Å². The third kappa shape index (κ3) is 3.06. The molecule has 1 aromatic heterocycles. The Morgan fingerprint density at radius 2 is 2.05 bits per heavy atom. The maximum Gasteiger partial charge on any atom is 0.239 e. The maximum atomic E-state index is 9.76. The second kappa shape index (κ2) is 6.17. The highest BCUT2D eigenvalue weighted by atomic mass is 79.9. The zero-order valence-electron chi connectivity index (χ0n) is 11.0.